The molecule has 0 aromatic heterocycles. The second kappa shape index (κ2) is 12.3. The fourth-order valence-electron chi connectivity index (χ4n) is 2.94. The lowest BCUT2D eigenvalue weighted by atomic mass is 10.1. The van der Waals surface area contributed by atoms with Crippen LogP contribution in [0.15, 0.2) is 53.4 Å². The van der Waals surface area contributed by atoms with Crippen molar-refractivity contribution in [3.05, 3.63) is 59.7 Å². The number of amides is 2. The first-order valence-electron chi connectivity index (χ1n) is 10.3. The van der Waals surface area contributed by atoms with E-state index in [9.17, 15) is 9.59 Å². The molecule has 0 radical (unpaired) electrons. The molecular formula is C24H32N2O3S. The van der Waals surface area contributed by atoms with E-state index in [0.717, 1.165) is 22.6 Å². The molecule has 2 amide bonds. The van der Waals surface area contributed by atoms with Crippen molar-refractivity contribution in [2.75, 3.05) is 19.4 Å². The number of ether oxygens (including phenoxy) is 1. The maximum absolute atomic E-state index is 13.0. The van der Waals surface area contributed by atoms with Crippen LogP contribution in [0.1, 0.15) is 37.8 Å². The van der Waals surface area contributed by atoms with Gasteiger partial charge in [0.2, 0.25) is 11.8 Å². The van der Waals surface area contributed by atoms with Gasteiger partial charge in [0.05, 0.1) is 7.11 Å². The molecule has 1 N–H and O–H groups in total. The van der Waals surface area contributed by atoms with Crippen LogP contribution < -0.4 is 10.1 Å². The van der Waals surface area contributed by atoms with Crippen LogP contribution in [0.5, 0.6) is 5.75 Å². The van der Waals surface area contributed by atoms with Gasteiger partial charge in [-0.2, -0.15) is 0 Å². The van der Waals surface area contributed by atoms with E-state index in [1.165, 1.54) is 5.56 Å². The number of nitrogens with one attached hydrogen (secondary N) is 1. The number of nitrogens with zero attached hydrogens (tertiary/aromatic N) is 1. The fourth-order valence-corrected chi connectivity index (χ4v) is 3.78. The third-order valence-electron chi connectivity index (χ3n) is 4.83. The van der Waals surface area contributed by atoms with Crippen molar-refractivity contribution in [2.24, 2.45) is 0 Å². The van der Waals surface area contributed by atoms with Crippen molar-refractivity contribution in [1.82, 2.24) is 10.2 Å². The average molecular weight is 429 g/mol. The van der Waals surface area contributed by atoms with E-state index in [2.05, 4.69) is 36.5 Å². The van der Waals surface area contributed by atoms with Gasteiger partial charge in [-0.15, -0.1) is 11.8 Å². The van der Waals surface area contributed by atoms with Crippen LogP contribution >= 0.6 is 11.8 Å². The highest BCUT2D eigenvalue weighted by atomic mass is 32.2. The third kappa shape index (κ3) is 7.41. The van der Waals surface area contributed by atoms with E-state index >= 15 is 0 Å². The predicted octanol–water partition coefficient (Wildman–Crippen LogP) is 4.43. The average Bonchev–Trinajstić information content (AvgIpc) is 2.77. The molecule has 30 heavy (non-hydrogen) atoms. The second-order valence-electron chi connectivity index (χ2n) is 7.25. The Balaban J connectivity index is 2.04. The van der Waals surface area contributed by atoms with Gasteiger partial charge < -0.3 is 15.0 Å². The van der Waals surface area contributed by atoms with Gasteiger partial charge in [0.1, 0.15) is 11.8 Å². The topological polar surface area (TPSA) is 58.6 Å². The number of carbonyl (C=O) groups excluding carboxylic acids is 2. The molecule has 6 heteroatoms. The van der Waals surface area contributed by atoms with Crippen LogP contribution in [0.3, 0.4) is 0 Å². The zero-order valence-corrected chi connectivity index (χ0v) is 19.1. The summed E-state index contributed by atoms with van der Waals surface area (Å²) in [5.41, 5.74) is 2.18. The molecule has 0 aliphatic carbocycles. The van der Waals surface area contributed by atoms with Crippen LogP contribution in [-0.2, 0) is 16.1 Å². The van der Waals surface area contributed by atoms with Gasteiger partial charge >= 0.3 is 0 Å². The Kier molecular flexibility index (Phi) is 9.74. The van der Waals surface area contributed by atoms with Gasteiger partial charge in [0.25, 0.3) is 0 Å². The molecule has 162 valence electrons. The van der Waals surface area contributed by atoms with Crippen molar-refractivity contribution in [2.45, 2.75) is 51.1 Å². The lowest BCUT2D eigenvalue weighted by Gasteiger charge is -2.29. The summed E-state index contributed by atoms with van der Waals surface area (Å²) < 4.78 is 5.21. The number of methoxy groups -OCH3 is 1. The first-order chi connectivity index (χ1) is 14.4. The molecule has 2 aromatic rings. The van der Waals surface area contributed by atoms with Crippen molar-refractivity contribution in [1.29, 1.82) is 0 Å². The molecule has 5 nitrogen and oxygen atoms in total. The highest BCUT2D eigenvalue weighted by Crippen LogP contribution is 2.21. The summed E-state index contributed by atoms with van der Waals surface area (Å²) in [5.74, 6) is 1.29. The Morgan fingerprint density at radius 2 is 1.77 bits per heavy atom. The van der Waals surface area contributed by atoms with E-state index in [1.54, 1.807) is 30.7 Å². The van der Waals surface area contributed by atoms with Crippen molar-refractivity contribution >= 4 is 23.6 Å². The van der Waals surface area contributed by atoms with Crippen molar-refractivity contribution in [3.8, 4) is 5.75 Å². The van der Waals surface area contributed by atoms with Gasteiger partial charge in [-0.05, 0) is 50.1 Å². The Hall–Kier alpha value is -2.47. The third-order valence-corrected chi connectivity index (χ3v) is 5.85. The number of hydrogen-bond acceptors (Lipinski definition) is 4. The fraction of sp³-hybridized carbons (Fsp3) is 0.417. The zero-order chi connectivity index (χ0) is 21.9. The lowest BCUT2D eigenvalue weighted by Crippen LogP contribution is -2.47. The van der Waals surface area contributed by atoms with Crippen molar-refractivity contribution in [3.63, 3.8) is 0 Å². The van der Waals surface area contributed by atoms with Gasteiger partial charge in [-0.1, -0.05) is 36.8 Å². The predicted molar refractivity (Wildman–Crippen MR) is 123 cm³/mol. The number of hydrogen-bond donors (Lipinski definition) is 1. The minimum absolute atomic E-state index is 0.0235. The summed E-state index contributed by atoms with van der Waals surface area (Å²) >= 11 is 1.66. The minimum Gasteiger partial charge on any atom is -0.497 e. The van der Waals surface area contributed by atoms with Gasteiger partial charge in [-0.25, -0.2) is 0 Å². The maximum atomic E-state index is 13.0. The molecule has 0 saturated heterocycles. The molecule has 0 fully saturated rings. The van der Waals surface area contributed by atoms with E-state index in [1.807, 2.05) is 31.2 Å². The Morgan fingerprint density at radius 1 is 1.10 bits per heavy atom. The molecule has 2 rings (SSSR count). The van der Waals surface area contributed by atoms with Gasteiger partial charge in [-0.3, -0.25) is 9.59 Å². The summed E-state index contributed by atoms with van der Waals surface area (Å²) in [4.78, 5) is 28.4. The Morgan fingerprint density at radius 3 is 2.37 bits per heavy atom. The Labute approximate surface area is 184 Å². The van der Waals surface area contributed by atoms with Gasteiger partial charge in [0, 0.05) is 30.2 Å². The van der Waals surface area contributed by atoms with Crippen LogP contribution in [0, 0.1) is 6.92 Å². The van der Waals surface area contributed by atoms with Crippen LogP contribution in [0.2, 0.25) is 0 Å². The summed E-state index contributed by atoms with van der Waals surface area (Å²) in [7, 11) is 1.62. The number of rotatable bonds is 11. The quantitative estimate of drug-likeness (QED) is 0.538. The highest BCUT2D eigenvalue weighted by molar-refractivity contribution is 7.99. The smallest absolute Gasteiger partial charge is 0.242 e. The van der Waals surface area contributed by atoms with Crippen LogP contribution in [-0.4, -0.2) is 42.2 Å². The molecule has 2 aromatic carbocycles. The molecule has 0 bridgehead atoms. The van der Waals surface area contributed by atoms with Gasteiger partial charge in [0.15, 0.2) is 0 Å². The highest BCUT2D eigenvalue weighted by Gasteiger charge is 2.25. The number of benzene rings is 2. The summed E-state index contributed by atoms with van der Waals surface area (Å²) in [6.45, 7) is 6.85. The second-order valence-corrected chi connectivity index (χ2v) is 8.42. The molecule has 0 heterocycles. The Bertz CT molecular complexity index is 806. The summed E-state index contributed by atoms with van der Waals surface area (Å²) in [6.07, 6.45) is 1.23. The van der Waals surface area contributed by atoms with E-state index in [-0.39, 0.29) is 11.8 Å². The maximum Gasteiger partial charge on any atom is 0.242 e. The van der Waals surface area contributed by atoms with E-state index in [4.69, 9.17) is 4.74 Å². The number of aryl methyl sites for hydroxylation is 1. The minimum atomic E-state index is -0.532. The summed E-state index contributed by atoms with van der Waals surface area (Å²) in [6, 6.07) is 15.3. The molecule has 1 atom stereocenters. The normalized spacial score (nSPS) is 11.6. The zero-order valence-electron chi connectivity index (χ0n) is 18.3. The monoisotopic (exact) mass is 428 g/mol. The molecule has 0 aliphatic heterocycles. The first kappa shape index (κ1) is 23.8. The number of thioether (sulfide) groups is 1. The first-order valence-corrected chi connectivity index (χ1v) is 11.3. The molecule has 0 spiro atoms. The SMILES string of the molecule is CCCNC(=O)C(C)N(Cc1ccc(OC)cc1)C(=O)CCSc1ccc(C)cc1. The molecule has 1 unspecified atom stereocenters. The van der Waals surface area contributed by atoms with E-state index in [0.29, 0.717) is 25.3 Å². The lowest BCUT2D eigenvalue weighted by molar-refractivity contribution is -0.140. The van der Waals surface area contributed by atoms with Crippen LogP contribution in [0.4, 0.5) is 0 Å². The summed E-state index contributed by atoms with van der Waals surface area (Å²) in [5, 5.41) is 2.90. The molecule has 0 aliphatic rings. The van der Waals surface area contributed by atoms with Crippen LogP contribution in [0.25, 0.3) is 0 Å². The molecular weight excluding hydrogens is 396 g/mol. The largest absolute Gasteiger partial charge is 0.497 e. The van der Waals surface area contributed by atoms with Crippen molar-refractivity contribution < 1.29 is 14.3 Å². The molecule has 0 saturated carbocycles. The number of carbonyl (C=O) groups is 2. The van der Waals surface area contributed by atoms with E-state index < -0.39 is 6.04 Å². The standard InChI is InChI=1S/C24H32N2O3S/c1-5-15-25-24(28)19(3)26(17-20-8-10-21(29-4)11-9-20)23(27)14-16-30-22-12-6-18(2)7-13-22/h6-13,19H,5,14-17H2,1-4H3,(H,25,28).